The largest absolute Gasteiger partial charge is 0.346 e. The molecule has 23 heavy (non-hydrogen) atoms. The van der Waals surface area contributed by atoms with Crippen molar-refractivity contribution >= 4 is 16.9 Å². The number of benzene rings is 1. The Labute approximate surface area is 133 Å². The number of amides is 1. The summed E-state index contributed by atoms with van der Waals surface area (Å²) in [6.07, 6.45) is 7.24. The maximum Gasteiger partial charge on any atom is 0.228 e. The van der Waals surface area contributed by atoms with Crippen LogP contribution in [0.1, 0.15) is 31.6 Å². The van der Waals surface area contributed by atoms with Crippen LogP contribution in [0, 0.1) is 5.41 Å². The SMILES string of the molecule is CC(NC(=O)C1(Cn2ccnc2)CC1)c1nc2ccccc2[nH]1. The van der Waals surface area contributed by atoms with Gasteiger partial charge in [0.25, 0.3) is 0 Å². The van der Waals surface area contributed by atoms with E-state index in [1.807, 2.05) is 42.0 Å². The van der Waals surface area contributed by atoms with Gasteiger partial charge >= 0.3 is 0 Å². The third-order valence-corrected chi connectivity index (χ3v) is 4.55. The maximum atomic E-state index is 12.7. The van der Waals surface area contributed by atoms with E-state index in [0.717, 1.165) is 29.7 Å². The van der Waals surface area contributed by atoms with Crippen LogP contribution in [-0.2, 0) is 11.3 Å². The Kier molecular flexibility index (Phi) is 3.18. The van der Waals surface area contributed by atoms with Crippen LogP contribution in [-0.4, -0.2) is 25.4 Å². The van der Waals surface area contributed by atoms with Crippen molar-refractivity contribution in [1.82, 2.24) is 24.8 Å². The van der Waals surface area contributed by atoms with Gasteiger partial charge in [-0.3, -0.25) is 4.79 Å². The van der Waals surface area contributed by atoms with Crippen molar-refractivity contribution in [3.63, 3.8) is 0 Å². The van der Waals surface area contributed by atoms with E-state index in [4.69, 9.17) is 0 Å². The number of H-pyrrole nitrogens is 1. The van der Waals surface area contributed by atoms with E-state index in [9.17, 15) is 4.79 Å². The van der Waals surface area contributed by atoms with Gasteiger partial charge in [-0.05, 0) is 31.9 Å². The molecule has 0 aliphatic heterocycles. The fraction of sp³-hybridized carbons (Fsp3) is 0.353. The monoisotopic (exact) mass is 309 g/mol. The third-order valence-electron chi connectivity index (χ3n) is 4.55. The number of aromatic nitrogens is 4. The van der Waals surface area contributed by atoms with Gasteiger partial charge in [0, 0.05) is 18.9 Å². The molecule has 0 spiro atoms. The summed E-state index contributed by atoms with van der Waals surface area (Å²) < 4.78 is 1.97. The molecule has 2 aromatic heterocycles. The molecule has 0 saturated heterocycles. The van der Waals surface area contributed by atoms with E-state index in [-0.39, 0.29) is 17.4 Å². The first-order valence-corrected chi connectivity index (χ1v) is 7.88. The second kappa shape index (κ2) is 5.22. The second-order valence-electron chi connectivity index (χ2n) is 6.35. The molecule has 0 radical (unpaired) electrons. The average Bonchev–Trinajstić information content (AvgIpc) is 2.98. The summed E-state index contributed by atoms with van der Waals surface area (Å²) in [5.74, 6) is 0.886. The Morgan fingerprint density at radius 3 is 2.96 bits per heavy atom. The van der Waals surface area contributed by atoms with E-state index >= 15 is 0 Å². The minimum Gasteiger partial charge on any atom is -0.346 e. The molecule has 1 aromatic carbocycles. The van der Waals surface area contributed by atoms with Crippen LogP contribution in [0.4, 0.5) is 0 Å². The molecule has 4 rings (SSSR count). The normalized spacial score (nSPS) is 17.1. The number of imidazole rings is 2. The molecule has 1 saturated carbocycles. The molecule has 1 amide bonds. The highest BCUT2D eigenvalue weighted by Crippen LogP contribution is 2.47. The minimum absolute atomic E-state index is 0.0964. The zero-order valence-electron chi connectivity index (χ0n) is 13.0. The predicted molar refractivity (Wildman–Crippen MR) is 86.5 cm³/mol. The zero-order chi connectivity index (χ0) is 15.9. The molecular weight excluding hydrogens is 290 g/mol. The summed E-state index contributed by atoms with van der Waals surface area (Å²) in [5.41, 5.74) is 1.62. The number of hydrogen-bond donors (Lipinski definition) is 2. The maximum absolute atomic E-state index is 12.7. The molecule has 6 nitrogen and oxygen atoms in total. The van der Waals surface area contributed by atoms with Gasteiger partial charge in [0.2, 0.25) is 5.91 Å². The lowest BCUT2D eigenvalue weighted by Gasteiger charge is -2.19. The van der Waals surface area contributed by atoms with Gasteiger partial charge in [-0.25, -0.2) is 9.97 Å². The van der Waals surface area contributed by atoms with Crippen LogP contribution in [0.15, 0.2) is 43.0 Å². The lowest BCUT2D eigenvalue weighted by molar-refractivity contribution is -0.127. The van der Waals surface area contributed by atoms with Crippen LogP contribution < -0.4 is 5.32 Å². The van der Waals surface area contributed by atoms with Gasteiger partial charge in [-0.1, -0.05) is 12.1 Å². The predicted octanol–water partition coefficient (Wildman–Crippen LogP) is 2.42. The molecule has 1 atom stereocenters. The Morgan fingerprint density at radius 2 is 2.26 bits per heavy atom. The minimum atomic E-state index is -0.291. The summed E-state index contributed by atoms with van der Waals surface area (Å²) in [6.45, 7) is 2.65. The van der Waals surface area contributed by atoms with Crippen LogP contribution in [0.2, 0.25) is 0 Å². The van der Waals surface area contributed by atoms with E-state index in [2.05, 4.69) is 20.3 Å². The third kappa shape index (κ3) is 2.60. The molecule has 3 aromatic rings. The molecule has 0 bridgehead atoms. The summed E-state index contributed by atoms with van der Waals surface area (Å²) in [7, 11) is 0. The molecule has 1 aliphatic rings. The number of hydrogen-bond acceptors (Lipinski definition) is 3. The molecule has 2 heterocycles. The standard InChI is InChI=1S/C17H19N5O/c1-12(15-20-13-4-2-3-5-14(13)21-15)19-16(23)17(6-7-17)10-22-9-8-18-11-22/h2-5,8-9,11-12H,6-7,10H2,1H3,(H,19,23)(H,20,21). The molecule has 1 aliphatic carbocycles. The molecule has 6 heteroatoms. The fourth-order valence-electron chi connectivity index (χ4n) is 2.93. The molecule has 1 fully saturated rings. The number of carbonyl (C=O) groups excluding carboxylic acids is 1. The van der Waals surface area contributed by atoms with Gasteiger partial charge in [0.1, 0.15) is 5.82 Å². The number of rotatable bonds is 5. The highest BCUT2D eigenvalue weighted by Gasteiger charge is 2.50. The van der Waals surface area contributed by atoms with Crippen molar-refractivity contribution in [2.45, 2.75) is 32.4 Å². The number of nitrogens with one attached hydrogen (secondary N) is 2. The van der Waals surface area contributed by atoms with Gasteiger partial charge in [0.05, 0.1) is 28.8 Å². The van der Waals surface area contributed by atoms with Gasteiger partial charge < -0.3 is 14.9 Å². The van der Waals surface area contributed by atoms with Crippen LogP contribution in [0.3, 0.4) is 0 Å². The van der Waals surface area contributed by atoms with E-state index in [1.54, 1.807) is 12.5 Å². The number of aromatic amines is 1. The van der Waals surface area contributed by atoms with Crippen molar-refractivity contribution in [2.75, 3.05) is 0 Å². The number of carbonyl (C=O) groups is 1. The zero-order valence-corrected chi connectivity index (χ0v) is 13.0. The van der Waals surface area contributed by atoms with Crippen LogP contribution in [0.5, 0.6) is 0 Å². The first-order chi connectivity index (χ1) is 11.2. The van der Waals surface area contributed by atoms with Crippen molar-refractivity contribution in [2.24, 2.45) is 5.41 Å². The Morgan fingerprint density at radius 1 is 1.43 bits per heavy atom. The smallest absolute Gasteiger partial charge is 0.228 e. The first kappa shape index (κ1) is 14.0. The Balaban J connectivity index is 1.47. The second-order valence-corrected chi connectivity index (χ2v) is 6.35. The van der Waals surface area contributed by atoms with Crippen LogP contribution in [0.25, 0.3) is 11.0 Å². The van der Waals surface area contributed by atoms with Crippen molar-refractivity contribution in [1.29, 1.82) is 0 Å². The molecule has 2 N–H and O–H groups in total. The fourth-order valence-corrected chi connectivity index (χ4v) is 2.93. The number of nitrogens with zero attached hydrogens (tertiary/aromatic N) is 3. The van der Waals surface area contributed by atoms with Crippen molar-refractivity contribution in [3.05, 3.63) is 48.8 Å². The summed E-state index contributed by atoms with van der Waals surface area (Å²) in [5, 5.41) is 3.11. The van der Waals surface area contributed by atoms with E-state index in [0.29, 0.717) is 6.54 Å². The Hall–Kier alpha value is -2.63. The highest BCUT2D eigenvalue weighted by molar-refractivity contribution is 5.85. The van der Waals surface area contributed by atoms with Gasteiger partial charge in [-0.2, -0.15) is 0 Å². The van der Waals surface area contributed by atoms with Crippen molar-refractivity contribution in [3.8, 4) is 0 Å². The molecule has 1 unspecified atom stereocenters. The van der Waals surface area contributed by atoms with Crippen LogP contribution >= 0.6 is 0 Å². The Bertz CT molecular complexity index is 799. The van der Waals surface area contributed by atoms with E-state index in [1.165, 1.54) is 0 Å². The highest BCUT2D eigenvalue weighted by atomic mass is 16.2. The van der Waals surface area contributed by atoms with Crippen molar-refractivity contribution < 1.29 is 4.79 Å². The van der Waals surface area contributed by atoms with Gasteiger partial charge in [-0.15, -0.1) is 0 Å². The summed E-state index contributed by atoms with van der Waals surface area (Å²) in [4.78, 5) is 24.5. The lowest BCUT2D eigenvalue weighted by Crippen LogP contribution is -2.36. The summed E-state index contributed by atoms with van der Waals surface area (Å²) in [6, 6.07) is 7.74. The number of fused-ring (bicyclic) bond motifs is 1. The molecular formula is C17H19N5O. The first-order valence-electron chi connectivity index (χ1n) is 7.88. The van der Waals surface area contributed by atoms with E-state index < -0.39 is 0 Å². The lowest BCUT2D eigenvalue weighted by atomic mass is 10.1. The molecule has 118 valence electrons. The number of para-hydroxylation sites is 2. The summed E-state index contributed by atoms with van der Waals surface area (Å²) >= 11 is 0. The van der Waals surface area contributed by atoms with Gasteiger partial charge in [0.15, 0.2) is 0 Å². The topological polar surface area (TPSA) is 75.6 Å². The quantitative estimate of drug-likeness (QED) is 0.760. The average molecular weight is 309 g/mol.